The molecule has 5 heteroatoms. The Morgan fingerprint density at radius 3 is 2.43 bits per heavy atom. The molecule has 2 N–H and O–H groups in total. The van der Waals surface area contributed by atoms with E-state index in [-0.39, 0.29) is 11.8 Å². The maximum absolute atomic E-state index is 12.3. The van der Waals surface area contributed by atoms with Crippen molar-refractivity contribution in [1.82, 2.24) is 5.32 Å². The molecule has 1 aliphatic carbocycles. The second-order valence-corrected chi connectivity index (χ2v) is 6.99. The minimum atomic E-state index is -0.104. The SMILES string of the molecule is CCc1sc(C(=O)Nc2ccc(C(=O)NC3CC3)cc2)cc1C. The van der Waals surface area contributed by atoms with Gasteiger partial charge < -0.3 is 10.6 Å². The Morgan fingerprint density at radius 2 is 1.87 bits per heavy atom. The zero-order valence-electron chi connectivity index (χ0n) is 13.3. The van der Waals surface area contributed by atoms with Crippen molar-refractivity contribution in [2.24, 2.45) is 0 Å². The number of thiophene rings is 1. The fourth-order valence-corrected chi connectivity index (χ4v) is 3.39. The molecule has 1 aliphatic rings. The maximum atomic E-state index is 12.3. The van der Waals surface area contributed by atoms with Crippen LogP contribution in [0.5, 0.6) is 0 Å². The van der Waals surface area contributed by atoms with Crippen LogP contribution in [0, 0.1) is 6.92 Å². The molecule has 1 fully saturated rings. The third kappa shape index (κ3) is 3.79. The summed E-state index contributed by atoms with van der Waals surface area (Å²) in [5.41, 5.74) is 2.48. The number of amides is 2. The molecule has 1 saturated carbocycles. The van der Waals surface area contributed by atoms with Crippen LogP contribution in [0.25, 0.3) is 0 Å². The molecule has 2 aromatic rings. The van der Waals surface area contributed by atoms with Gasteiger partial charge in [-0.3, -0.25) is 9.59 Å². The van der Waals surface area contributed by atoms with E-state index < -0.39 is 0 Å². The van der Waals surface area contributed by atoms with Crippen LogP contribution in [0.3, 0.4) is 0 Å². The number of carbonyl (C=O) groups excluding carboxylic acids is 2. The molecule has 3 rings (SSSR count). The molecule has 2 amide bonds. The van der Waals surface area contributed by atoms with Crippen LogP contribution in [0.4, 0.5) is 5.69 Å². The minimum absolute atomic E-state index is 0.0492. The Bertz CT molecular complexity index is 730. The average molecular weight is 328 g/mol. The van der Waals surface area contributed by atoms with Crippen LogP contribution in [-0.4, -0.2) is 17.9 Å². The van der Waals surface area contributed by atoms with Crippen molar-refractivity contribution in [1.29, 1.82) is 0 Å². The first-order valence-corrected chi connectivity index (χ1v) is 8.70. The van der Waals surface area contributed by atoms with E-state index in [1.165, 1.54) is 16.2 Å². The predicted molar refractivity (Wildman–Crippen MR) is 93.3 cm³/mol. The summed E-state index contributed by atoms with van der Waals surface area (Å²) in [7, 11) is 0. The number of aryl methyl sites for hydroxylation is 2. The molecule has 0 radical (unpaired) electrons. The van der Waals surface area contributed by atoms with E-state index in [9.17, 15) is 9.59 Å². The molecule has 23 heavy (non-hydrogen) atoms. The van der Waals surface area contributed by atoms with Crippen LogP contribution in [0.2, 0.25) is 0 Å². The fraction of sp³-hybridized carbons (Fsp3) is 0.333. The van der Waals surface area contributed by atoms with Crippen LogP contribution in [-0.2, 0) is 6.42 Å². The van der Waals surface area contributed by atoms with Crippen LogP contribution in [0.15, 0.2) is 30.3 Å². The van der Waals surface area contributed by atoms with E-state index in [2.05, 4.69) is 17.6 Å². The molecule has 0 atom stereocenters. The summed E-state index contributed by atoms with van der Waals surface area (Å²) in [6, 6.07) is 9.28. The highest BCUT2D eigenvalue weighted by atomic mass is 32.1. The Hall–Kier alpha value is -2.14. The lowest BCUT2D eigenvalue weighted by Crippen LogP contribution is -2.25. The highest BCUT2D eigenvalue weighted by molar-refractivity contribution is 7.14. The number of rotatable bonds is 5. The van der Waals surface area contributed by atoms with E-state index in [4.69, 9.17) is 0 Å². The largest absolute Gasteiger partial charge is 0.349 e. The Morgan fingerprint density at radius 1 is 1.17 bits per heavy atom. The smallest absolute Gasteiger partial charge is 0.265 e. The molecule has 120 valence electrons. The van der Waals surface area contributed by atoms with Crippen LogP contribution in [0.1, 0.15) is 50.2 Å². The molecule has 0 saturated heterocycles. The fourth-order valence-electron chi connectivity index (χ4n) is 2.38. The summed E-state index contributed by atoms with van der Waals surface area (Å²) in [6.07, 6.45) is 3.08. The van der Waals surface area contributed by atoms with Crippen molar-refractivity contribution in [3.05, 3.63) is 51.2 Å². The third-order valence-corrected chi connectivity index (χ3v) is 5.26. The number of carbonyl (C=O) groups is 2. The molecule has 0 bridgehead atoms. The molecule has 0 unspecified atom stereocenters. The average Bonchev–Trinajstić information content (AvgIpc) is 3.27. The van der Waals surface area contributed by atoms with Gasteiger partial charge in [-0.25, -0.2) is 0 Å². The van der Waals surface area contributed by atoms with Crippen LogP contribution < -0.4 is 10.6 Å². The number of hydrogen-bond donors (Lipinski definition) is 2. The van der Waals surface area contributed by atoms with Crippen LogP contribution >= 0.6 is 11.3 Å². The second-order valence-electron chi connectivity index (χ2n) is 5.85. The Kier molecular flexibility index (Phi) is 4.48. The van der Waals surface area contributed by atoms with E-state index in [0.29, 0.717) is 17.3 Å². The summed E-state index contributed by atoms with van der Waals surface area (Å²) in [5, 5.41) is 5.83. The van der Waals surface area contributed by atoms with Gasteiger partial charge in [0.05, 0.1) is 4.88 Å². The first kappa shape index (κ1) is 15.7. The molecule has 0 aliphatic heterocycles. The summed E-state index contributed by atoms with van der Waals surface area (Å²) >= 11 is 1.53. The van der Waals surface area contributed by atoms with Crippen molar-refractivity contribution in [2.75, 3.05) is 5.32 Å². The van der Waals surface area contributed by atoms with Crippen molar-refractivity contribution >= 4 is 28.8 Å². The maximum Gasteiger partial charge on any atom is 0.265 e. The third-order valence-electron chi connectivity index (χ3n) is 3.88. The predicted octanol–water partition coefficient (Wildman–Crippen LogP) is 3.76. The van der Waals surface area contributed by atoms with Gasteiger partial charge in [-0.2, -0.15) is 0 Å². The van der Waals surface area contributed by atoms with E-state index in [0.717, 1.165) is 29.7 Å². The molecule has 4 nitrogen and oxygen atoms in total. The first-order chi connectivity index (χ1) is 11.1. The van der Waals surface area contributed by atoms with E-state index >= 15 is 0 Å². The van der Waals surface area contributed by atoms with Gasteiger partial charge in [0.15, 0.2) is 0 Å². The molecule has 1 heterocycles. The van der Waals surface area contributed by atoms with Gasteiger partial charge in [-0.15, -0.1) is 11.3 Å². The highest BCUT2D eigenvalue weighted by Gasteiger charge is 2.23. The van der Waals surface area contributed by atoms with E-state index in [1.807, 2.05) is 13.0 Å². The topological polar surface area (TPSA) is 58.2 Å². The first-order valence-electron chi connectivity index (χ1n) is 7.88. The van der Waals surface area contributed by atoms with Crippen molar-refractivity contribution in [3.8, 4) is 0 Å². The lowest BCUT2D eigenvalue weighted by molar-refractivity contribution is 0.0950. The molecule has 1 aromatic heterocycles. The Balaban J connectivity index is 1.64. The highest BCUT2D eigenvalue weighted by Crippen LogP contribution is 2.23. The summed E-state index contributed by atoms with van der Waals surface area (Å²) in [5.74, 6) is -0.153. The summed E-state index contributed by atoms with van der Waals surface area (Å²) < 4.78 is 0. The second kappa shape index (κ2) is 6.54. The quantitative estimate of drug-likeness (QED) is 0.878. The molecule has 1 aromatic carbocycles. The number of nitrogens with one attached hydrogen (secondary N) is 2. The summed E-state index contributed by atoms with van der Waals surface area (Å²) in [6.45, 7) is 4.12. The number of hydrogen-bond acceptors (Lipinski definition) is 3. The van der Waals surface area contributed by atoms with Gasteiger partial charge in [0.2, 0.25) is 0 Å². The molecular weight excluding hydrogens is 308 g/mol. The van der Waals surface area contributed by atoms with Gasteiger partial charge in [0.1, 0.15) is 0 Å². The van der Waals surface area contributed by atoms with Gasteiger partial charge in [-0.1, -0.05) is 6.92 Å². The lowest BCUT2D eigenvalue weighted by Gasteiger charge is -2.06. The summed E-state index contributed by atoms with van der Waals surface area (Å²) in [4.78, 5) is 26.2. The van der Waals surface area contributed by atoms with Gasteiger partial charge in [0, 0.05) is 22.2 Å². The Labute approximate surface area is 139 Å². The van der Waals surface area contributed by atoms with Crippen molar-refractivity contribution in [3.63, 3.8) is 0 Å². The molecular formula is C18H20N2O2S. The standard InChI is InChI=1S/C18H20N2O2S/c1-3-15-11(2)10-16(23-15)18(22)20-13-6-4-12(5-7-13)17(21)19-14-8-9-14/h4-7,10,14H,3,8-9H2,1-2H3,(H,19,21)(H,20,22). The van der Waals surface area contributed by atoms with Crippen molar-refractivity contribution < 1.29 is 9.59 Å². The monoisotopic (exact) mass is 328 g/mol. The molecule has 0 spiro atoms. The van der Waals surface area contributed by atoms with Gasteiger partial charge >= 0.3 is 0 Å². The van der Waals surface area contributed by atoms with Crippen molar-refractivity contribution in [2.45, 2.75) is 39.2 Å². The zero-order valence-corrected chi connectivity index (χ0v) is 14.1. The van der Waals surface area contributed by atoms with E-state index in [1.54, 1.807) is 24.3 Å². The number of anilines is 1. The minimum Gasteiger partial charge on any atom is -0.349 e. The van der Waals surface area contributed by atoms with Gasteiger partial charge in [0.25, 0.3) is 11.8 Å². The lowest BCUT2D eigenvalue weighted by atomic mass is 10.2. The zero-order chi connectivity index (χ0) is 16.4. The normalized spacial score (nSPS) is 13.7. The van der Waals surface area contributed by atoms with Gasteiger partial charge in [-0.05, 0) is 62.1 Å². The number of benzene rings is 1.